The standard InChI is InChI=1S/C22H23N5O3/c1-12-5-7-16(9-14(12)3)23-18(28)11-26-20-19(24-25-26)21(29)27(22(20)30)17-8-6-13(2)15(4)10-17/h5-10,19-20H,11H2,1-4H3,(H,23,28)/t19-,20+/m0/s1. The average molecular weight is 405 g/mol. The van der Waals surface area contributed by atoms with Crippen molar-refractivity contribution >= 4 is 29.1 Å². The van der Waals surface area contributed by atoms with E-state index in [-0.39, 0.29) is 12.5 Å². The molecule has 154 valence electrons. The summed E-state index contributed by atoms with van der Waals surface area (Å²) in [6.07, 6.45) is 0. The molecule has 1 saturated heterocycles. The van der Waals surface area contributed by atoms with E-state index < -0.39 is 23.9 Å². The molecule has 0 aliphatic carbocycles. The number of hydrogen-bond acceptors (Lipinski definition) is 6. The Bertz CT molecular complexity index is 1090. The fraction of sp³-hybridized carbons (Fsp3) is 0.318. The highest BCUT2D eigenvalue weighted by atomic mass is 16.2. The SMILES string of the molecule is Cc1ccc(NC(=O)CN2N=N[C@@H]3C(=O)N(c4ccc(C)c(C)c4)C(=O)[C@@H]32)cc1C. The number of hydrogen-bond donors (Lipinski definition) is 1. The molecule has 0 aromatic heterocycles. The van der Waals surface area contributed by atoms with Crippen LogP contribution in [-0.2, 0) is 14.4 Å². The first kappa shape index (κ1) is 19.8. The quantitative estimate of drug-likeness (QED) is 0.792. The number of fused-ring (bicyclic) bond motifs is 1. The first-order valence-electron chi connectivity index (χ1n) is 9.76. The lowest BCUT2D eigenvalue weighted by Gasteiger charge is -2.20. The second-order valence-corrected chi connectivity index (χ2v) is 7.82. The molecule has 2 aliphatic rings. The van der Waals surface area contributed by atoms with Gasteiger partial charge < -0.3 is 5.32 Å². The molecular formula is C22H23N5O3. The zero-order valence-electron chi connectivity index (χ0n) is 17.3. The summed E-state index contributed by atoms with van der Waals surface area (Å²) in [6.45, 7) is 7.68. The number of carbonyl (C=O) groups is 3. The van der Waals surface area contributed by atoms with Crippen LogP contribution in [0.2, 0.25) is 0 Å². The number of rotatable bonds is 4. The molecule has 2 aromatic carbocycles. The van der Waals surface area contributed by atoms with E-state index in [1.807, 2.05) is 52.0 Å². The lowest BCUT2D eigenvalue weighted by molar-refractivity contribution is -0.123. The molecule has 0 saturated carbocycles. The molecule has 8 heteroatoms. The molecule has 2 aliphatic heterocycles. The minimum absolute atomic E-state index is 0.169. The Hall–Kier alpha value is -3.55. The number of carbonyl (C=O) groups excluding carboxylic acids is 3. The summed E-state index contributed by atoms with van der Waals surface area (Å²) in [6, 6.07) is 9.23. The van der Waals surface area contributed by atoms with Crippen LogP contribution in [0.5, 0.6) is 0 Å². The van der Waals surface area contributed by atoms with E-state index in [2.05, 4.69) is 15.7 Å². The highest BCUT2D eigenvalue weighted by molar-refractivity contribution is 6.25. The first-order chi connectivity index (χ1) is 14.3. The Balaban J connectivity index is 1.49. The van der Waals surface area contributed by atoms with Crippen LogP contribution < -0.4 is 10.2 Å². The molecule has 0 bridgehead atoms. The van der Waals surface area contributed by atoms with Crippen molar-refractivity contribution in [2.45, 2.75) is 39.8 Å². The Morgan fingerprint density at radius 2 is 1.60 bits per heavy atom. The van der Waals surface area contributed by atoms with E-state index in [0.717, 1.165) is 27.2 Å². The smallest absolute Gasteiger partial charge is 0.263 e. The van der Waals surface area contributed by atoms with Gasteiger partial charge in [-0.25, -0.2) is 4.90 Å². The van der Waals surface area contributed by atoms with Gasteiger partial charge in [-0.15, -0.1) is 0 Å². The van der Waals surface area contributed by atoms with Gasteiger partial charge in [0.05, 0.1) is 5.69 Å². The molecule has 0 spiro atoms. The molecule has 1 N–H and O–H groups in total. The summed E-state index contributed by atoms with van der Waals surface area (Å²) < 4.78 is 0. The number of imide groups is 1. The summed E-state index contributed by atoms with van der Waals surface area (Å²) >= 11 is 0. The topological polar surface area (TPSA) is 94.4 Å². The van der Waals surface area contributed by atoms with Crippen LogP contribution in [0.3, 0.4) is 0 Å². The van der Waals surface area contributed by atoms with Crippen LogP contribution in [0.4, 0.5) is 11.4 Å². The van der Waals surface area contributed by atoms with Crippen molar-refractivity contribution in [2.75, 3.05) is 16.8 Å². The highest BCUT2D eigenvalue weighted by Crippen LogP contribution is 2.32. The number of amides is 3. The summed E-state index contributed by atoms with van der Waals surface area (Å²) in [7, 11) is 0. The van der Waals surface area contributed by atoms with E-state index >= 15 is 0 Å². The van der Waals surface area contributed by atoms with E-state index in [1.165, 1.54) is 5.01 Å². The van der Waals surface area contributed by atoms with Gasteiger partial charge in [-0.1, -0.05) is 17.4 Å². The molecule has 0 radical (unpaired) electrons. The van der Waals surface area contributed by atoms with E-state index in [0.29, 0.717) is 11.4 Å². The fourth-order valence-electron chi connectivity index (χ4n) is 3.64. The normalized spacial score (nSPS) is 20.1. The first-order valence-corrected chi connectivity index (χ1v) is 9.76. The van der Waals surface area contributed by atoms with Gasteiger partial charge in [-0.3, -0.25) is 19.4 Å². The summed E-state index contributed by atoms with van der Waals surface area (Å²) in [5.41, 5.74) is 5.43. The molecule has 2 atom stereocenters. The molecule has 2 heterocycles. The van der Waals surface area contributed by atoms with E-state index in [4.69, 9.17) is 0 Å². The fourth-order valence-corrected chi connectivity index (χ4v) is 3.64. The molecule has 8 nitrogen and oxygen atoms in total. The molecule has 0 unspecified atom stereocenters. The third kappa shape index (κ3) is 3.34. The van der Waals surface area contributed by atoms with Gasteiger partial charge in [0.2, 0.25) is 5.91 Å². The summed E-state index contributed by atoms with van der Waals surface area (Å²) in [5.74, 6) is -1.17. The number of aryl methyl sites for hydroxylation is 4. The van der Waals surface area contributed by atoms with Gasteiger partial charge in [0, 0.05) is 5.69 Å². The second-order valence-electron chi connectivity index (χ2n) is 7.82. The van der Waals surface area contributed by atoms with Gasteiger partial charge in [0.1, 0.15) is 6.54 Å². The van der Waals surface area contributed by atoms with Crippen LogP contribution in [0.25, 0.3) is 0 Å². The van der Waals surface area contributed by atoms with Crippen LogP contribution in [0.1, 0.15) is 22.3 Å². The van der Waals surface area contributed by atoms with Gasteiger partial charge >= 0.3 is 0 Å². The highest BCUT2D eigenvalue weighted by Gasteiger charge is 2.55. The van der Waals surface area contributed by atoms with Crippen molar-refractivity contribution in [2.24, 2.45) is 10.3 Å². The van der Waals surface area contributed by atoms with Crippen molar-refractivity contribution in [3.05, 3.63) is 58.7 Å². The number of nitrogens with one attached hydrogen (secondary N) is 1. The molecular weight excluding hydrogens is 382 g/mol. The molecule has 30 heavy (non-hydrogen) atoms. The minimum atomic E-state index is -0.923. The third-order valence-electron chi connectivity index (χ3n) is 5.70. The largest absolute Gasteiger partial charge is 0.324 e. The van der Waals surface area contributed by atoms with Gasteiger partial charge in [-0.2, -0.15) is 5.11 Å². The van der Waals surface area contributed by atoms with Gasteiger partial charge in [0.15, 0.2) is 12.1 Å². The summed E-state index contributed by atoms with van der Waals surface area (Å²) in [4.78, 5) is 39.5. The third-order valence-corrected chi connectivity index (χ3v) is 5.70. The predicted molar refractivity (Wildman–Crippen MR) is 112 cm³/mol. The van der Waals surface area contributed by atoms with Crippen molar-refractivity contribution in [1.29, 1.82) is 0 Å². The Labute approximate surface area is 174 Å². The zero-order chi connectivity index (χ0) is 21.6. The van der Waals surface area contributed by atoms with Crippen molar-refractivity contribution in [1.82, 2.24) is 5.01 Å². The Kier molecular flexibility index (Phi) is 4.85. The van der Waals surface area contributed by atoms with E-state index in [1.54, 1.807) is 12.1 Å². The lowest BCUT2D eigenvalue weighted by atomic mass is 10.1. The van der Waals surface area contributed by atoms with Crippen molar-refractivity contribution in [3.63, 3.8) is 0 Å². The maximum atomic E-state index is 13.0. The Morgan fingerprint density at radius 3 is 2.27 bits per heavy atom. The maximum Gasteiger partial charge on any atom is 0.263 e. The van der Waals surface area contributed by atoms with E-state index in [9.17, 15) is 14.4 Å². The van der Waals surface area contributed by atoms with Crippen LogP contribution in [-0.4, -0.2) is 41.4 Å². The second kappa shape index (κ2) is 7.37. The van der Waals surface area contributed by atoms with Crippen molar-refractivity contribution < 1.29 is 14.4 Å². The van der Waals surface area contributed by atoms with Crippen LogP contribution >= 0.6 is 0 Å². The monoisotopic (exact) mass is 405 g/mol. The number of nitrogens with zero attached hydrogens (tertiary/aromatic N) is 4. The lowest BCUT2D eigenvalue weighted by Crippen LogP contribution is -2.43. The predicted octanol–water partition coefficient (Wildman–Crippen LogP) is 2.85. The number of benzene rings is 2. The number of anilines is 2. The van der Waals surface area contributed by atoms with Gasteiger partial charge in [-0.05, 0) is 74.2 Å². The minimum Gasteiger partial charge on any atom is -0.324 e. The van der Waals surface area contributed by atoms with Crippen LogP contribution in [0, 0.1) is 27.7 Å². The average Bonchev–Trinajstić information content (AvgIpc) is 3.21. The maximum absolute atomic E-state index is 13.0. The molecule has 1 fully saturated rings. The van der Waals surface area contributed by atoms with Crippen molar-refractivity contribution in [3.8, 4) is 0 Å². The molecule has 3 amide bonds. The molecule has 4 rings (SSSR count). The molecule has 2 aromatic rings. The summed E-state index contributed by atoms with van der Waals surface area (Å²) in [5, 5.41) is 12.0. The van der Waals surface area contributed by atoms with Gasteiger partial charge in [0.25, 0.3) is 11.8 Å². The Morgan fingerprint density at radius 1 is 0.933 bits per heavy atom. The zero-order valence-corrected chi connectivity index (χ0v) is 17.3. The van der Waals surface area contributed by atoms with Crippen LogP contribution in [0.15, 0.2) is 46.7 Å².